The predicted molar refractivity (Wildman–Crippen MR) is 87.9 cm³/mol. The molecule has 0 bridgehead atoms. The van der Waals surface area contributed by atoms with Gasteiger partial charge in [-0.2, -0.15) is 0 Å². The topological polar surface area (TPSA) is 55.3 Å². The highest BCUT2D eigenvalue weighted by atomic mass is 32.1. The van der Waals surface area contributed by atoms with Crippen LogP contribution >= 0.6 is 11.3 Å². The van der Waals surface area contributed by atoms with Gasteiger partial charge in [0.25, 0.3) is 0 Å². The smallest absolute Gasteiger partial charge is 0.415 e. The summed E-state index contributed by atoms with van der Waals surface area (Å²) < 4.78 is 5.35. The van der Waals surface area contributed by atoms with Gasteiger partial charge in [0, 0.05) is 25.0 Å². The van der Waals surface area contributed by atoms with Crippen molar-refractivity contribution < 1.29 is 9.53 Å². The number of aromatic nitrogens is 2. The fourth-order valence-corrected chi connectivity index (χ4v) is 2.63. The molecule has 2 aromatic rings. The van der Waals surface area contributed by atoms with Crippen LogP contribution in [0.4, 0.5) is 9.80 Å². The number of carbonyl (C=O) groups excluding carboxylic acids is 1. The molecule has 5 nitrogen and oxygen atoms in total. The Hall–Kier alpha value is -2.39. The Morgan fingerprint density at radius 1 is 1.45 bits per heavy atom. The zero-order valence-corrected chi connectivity index (χ0v) is 13.8. The quantitative estimate of drug-likeness (QED) is 0.795. The van der Waals surface area contributed by atoms with Gasteiger partial charge in [-0.15, -0.1) is 6.42 Å². The van der Waals surface area contributed by atoms with Gasteiger partial charge < -0.3 is 4.74 Å². The van der Waals surface area contributed by atoms with E-state index in [-0.39, 0.29) is 0 Å². The molecule has 0 spiro atoms. The molecule has 0 saturated carbocycles. The Morgan fingerprint density at radius 3 is 2.73 bits per heavy atom. The van der Waals surface area contributed by atoms with Gasteiger partial charge in [-0.1, -0.05) is 11.3 Å². The minimum absolute atomic E-state index is 0.414. The van der Waals surface area contributed by atoms with Crippen molar-refractivity contribution in [1.29, 1.82) is 0 Å². The number of ether oxygens (including phenoxy) is 1. The number of thiazole rings is 1. The SMILES string of the molecule is C#Cc1nc(-c2cccnc2)sc1N(C)C(=O)OC(C)(C)C. The van der Waals surface area contributed by atoms with Crippen molar-refractivity contribution in [1.82, 2.24) is 9.97 Å². The third-order valence-corrected chi connectivity index (χ3v) is 3.81. The van der Waals surface area contributed by atoms with Crippen molar-refractivity contribution in [3.63, 3.8) is 0 Å². The van der Waals surface area contributed by atoms with Crippen molar-refractivity contribution >= 4 is 22.4 Å². The molecule has 1 amide bonds. The van der Waals surface area contributed by atoms with E-state index < -0.39 is 11.7 Å². The summed E-state index contributed by atoms with van der Waals surface area (Å²) in [5.74, 6) is 2.51. The summed E-state index contributed by atoms with van der Waals surface area (Å²) in [4.78, 5) is 22.0. The van der Waals surface area contributed by atoms with E-state index in [1.165, 1.54) is 16.2 Å². The van der Waals surface area contributed by atoms with Crippen molar-refractivity contribution in [2.45, 2.75) is 26.4 Å². The second-order valence-electron chi connectivity index (χ2n) is 5.60. The average molecular weight is 315 g/mol. The number of pyridine rings is 1. The Morgan fingerprint density at radius 2 is 2.18 bits per heavy atom. The van der Waals surface area contributed by atoms with E-state index >= 15 is 0 Å². The molecule has 6 heteroatoms. The highest BCUT2D eigenvalue weighted by Crippen LogP contribution is 2.34. The van der Waals surface area contributed by atoms with Crippen molar-refractivity contribution in [3.8, 4) is 22.9 Å². The van der Waals surface area contributed by atoms with E-state index in [0.717, 1.165) is 5.56 Å². The lowest BCUT2D eigenvalue weighted by molar-refractivity contribution is 0.0590. The van der Waals surface area contributed by atoms with Gasteiger partial charge in [-0.05, 0) is 38.8 Å². The molecule has 0 aromatic carbocycles. The molecule has 0 aliphatic carbocycles. The molecule has 0 atom stereocenters. The zero-order chi connectivity index (χ0) is 16.3. The normalized spacial score (nSPS) is 10.9. The maximum Gasteiger partial charge on any atom is 0.415 e. The molecule has 0 fully saturated rings. The van der Waals surface area contributed by atoms with Crippen molar-refractivity contribution in [2.75, 3.05) is 11.9 Å². The van der Waals surface area contributed by atoms with E-state index in [2.05, 4.69) is 15.9 Å². The van der Waals surface area contributed by atoms with Crippen LogP contribution in [0, 0.1) is 12.3 Å². The first-order valence-corrected chi connectivity index (χ1v) is 7.48. The summed E-state index contributed by atoms with van der Waals surface area (Å²) >= 11 is 1.33. The Bertz CT molecular complexity index is 711. The molecule has 22 heavy (non-hydrogen) atoms. The minimum Gasteiger partial charge on any atom is -0.443 e. The third-order valence-electron chi connectivity index (χ3n) is 2.63. The lowest BCUT2D eigenvalue weighted by Gasteiger charge is -2.23. The van der Waals surface area contributed by atoms with E-state index in [9.17, 15) is 4.79 Å². The van der Waals surface area contributed by atoms with Gasteiger partial charge in [-0.25, -0.2) is 9.78 Å². The summed E-state index contributed by atoms with van der Waals surface area (Å²) in [6.45, 7) is 5.44. The summed E-state index contributed by atoms with van der Waals surface area (Å²) in [7, 11) is 1.62. The molecule has 0 unspecified atom stereocenters. The number of amides is 1. The van der Waals surface area contributed by atoms with Crippen LogP contribution in [-0.2, 0) is 4.74 Å². The number of carbonyl (C=O) groups is 1. The average Bonchev–Trinajstić information content (AvgIpc) is 2.89. The zero-order valence-electron chi connectivity index (χ0n) is 13.0. The first-order chi connectivity index (χ1) is 10.3. The number of anilines is 1. The van der Waals surface area contributed by atoms with Gasteiger partial charge in [0.15, 0.2) is 0 Å². The Labute approximate surface area is 134 Å². The molecule has 2 aromatic heterocycles. The maximum atomic E-state index is 12.2. The van der Waals surface area contributed by atoms with Crippen LogP contribution in [0.2, 0.25) is 0 Å². The lowest BCUT2D eigenvalue weighted by Crippen LogP contribution is -2.34. The lowest BCUT2D eigenvalue weighted by atomic mass is 10.2. The molecule has 2 rings (SSSR count). The number of hydrogen-bond acceptors (Lipinski definition) is 5. The molecule has 0 N–H and O–H groups in total. The van der Waals surface area contributed by atoms with Crippen LogP contribution in [0.15, 0.2) is 24.5 Å². The maximum absolute atomic E-state index is 12.2. The van der Waals surface area contributed by atoms with Crippen LogP contribution in [0.25, 0.3) is 10.6 Å². The molecule has 114 valence electrons. The second-order valence-corrected chi connectivity index (χ2v) is 6.58. The van der Waals surface area contributed by atoms with Crippen LogP contribution in [0.1, 0.15) is 26.5 Å². The van der Waals surface area contributed by atoms with Gasteiger partial charge in [0.05, 0.1) is 0 Å². The summed E-state index contributed by atoms with van der Waals surface area (Å²) in [5.41, 5.74) is 0.698. The van der Waals surface area contributed by atoms with E-state index in [4.69, 9.17) is 11.2 Å². The van der Waals surface area contributed by atoms with Gasteiger partial charge in [0.2, 0.25) is 0 Å². The summed E-state index contributed by atoms with van der Waals surface area (Å²) in [5, 5.41) is 1.29. The van der Waals surface area contributed by atoms with Crippen LogP contribution in [-0.4, -0.2) is 28.7 Å². The molecule has 0 saturated heterocycles. The largest absolute Gasteiger partial charge is 0.443 e. The van der Waals surface area contributed by atoms with E-state index in [1.807, 2.05) is 32.9 Å². The standard InChI is InChI=1S/C16H17N3O2S/c1-6-12-14(19(5)15(20)21-16(2,3)4)22-13(18-12)11-8-7-9-17-10-11/h1,7-10H,2-5H3. The van der Waals surface area contributed by atoms with Crippen molar-refractivity contribution in [3.05, 3.63) is 30.2 Å². The fourth-order valence-electron chi connectivity index (χ4n) is 1.66. The first kappa shape index (κ1) is 16.0. The first-order valence-electron chi connectivity index (χ1n) is 6.66. The monoisotopic (exact) mass is 315 g/mol. The van der Waals surface area contributed by atoms with E-state index in [1.54, 1.807) is 19.4 Å². The van der Waals surface area contributed by atoms with Crippen LogP contribution in [0.5, 0.6) is 0 Å². The summed E-state index contributed by atoms with van der Waals surface area (Å²) in [6.07, 6.45) is 8.43. The minimum atomic E-state index is -0.571. The number of terminal acetylenes is 1. The highest BCUT2D eigenvalue weighted by molar-refractivity contribution is 7.19. The summed E-state index contributed by atoms with van der Waals surface area (Å²) in [6, 6.07) is 3.72. The Kier molecular flexibility index (Phi) is 4.48. The number of nitrogens with zero attached hydrogens (tertiary/aromatic N) is 3. The number of rotatable bonds is 2. The number of hydrogen-bond donors (Lipinski definition) is 0. The molecular formula is C16H17N3O2S. The molecule has 0 aliphatic rings. The van der Waals surface area contributed by atoms with E-state index in [0.29, 0.717) is 15.7 Å². The predicted octanol–water partition coefficient (Wildman–Crippen LogP) is 3.56. The van der Waals surface area contributed by atoms with Crippen LogP contribution < -0.4 is 4.90 Å². The van der Waals surface area contributed by atoms with Gasteiger partial charge in [-0.3, -0.25) is 9.88 Å². The van der Waals surface area contributed by atoms with Gasteiger partial charge in [0.1, 0.15) is 21.3 Å². The molecule has 0 aliphatic heterocycles. The second kappa shape index (κ2) is 6.16. The fraction of sp³-hybridized carbons (Fsp3) is 0.312. The highest BCUT2D eigenvalue weighted by Gasteiger charge is 2.24. The van der Waals surface area contributed by atoms with Crippen LogP contribution in [0.3, 0.4) is 0 Å². The van der Waals surface area contributed by atoms with Gasteiger partial charge >= 0.3 is 6.09 Å². The van der Waals surface area contributed by atoms with Crippen molar-refractivity contribution in [2.24, 2.45) is 0 Å². The Balaban J connectivity index is 2.34. The molecule has 2 heterocycles. The molecule has 0 radical (unpaired) electrons. The molecular weight excluding hydrogens is 298 g/mol. The third kappa shape index (κ3) is 3.62.